The SMILES string of the molecule is Cc1cc(C)n(-c2ccc(C(=O)N[C@H](C)Cc3c(C)nn(C)c3C)cc2)n1. The number of nitrogens with zero attached hydrogens (tertiary/aromatic N) is 4. The Morgan fingerprint density at radius 3 is 2.30 bits per heavy atom. The van der Waals surface area contributed by atoms with Gasteiger partial charge in [-0.15, -0.1) is 0 Å². The van der Waals surface area contributed by atoms with Gasteiger partial charge >= 0.3 is 0 Å². The van der Waals surface area contributed by atoms with Gasteiger partial charge < -0.3 is 5.32 Å². The predicted molar refractivity (Wildman–Crippen MR) is 106 cm³/mol. The summed E-state index contributed by atoms with van der Waals surface area (Å²) in [5.41, 5.74) is 7.00. The molecular formula is C21H27N5O. The first-order valence-electron chi connectivity index (χ1n) is 9.20. The molecule has 2 heterocycles. The fraction of sp³-hybridized carbons (Fsp3) is 0.381. The van der Waals surface area contributed by atoms with Crippen molar-refractivity contribution in [3.63, 3.8) is 0 Å². The van der Waals surface area contributed by atoms with Gasteiger partial charge in [-0.2, -0.15) is 10.2 Å². The second-order valence-electron chi connectivity index (χ2n) is 7.24. The number of aromatic nitrogens is 4. The summed E-state index contributed by atoms with van der Waals surface area (Å²) in [5.74, 6) is -0.0679. The van der Waals surface area contributed by atoms with E-state index in [4.69, 9.17) is 0 Å². The molecular weight excluding hydrogens is 338 g/mol. The van der Waals surface area contributed by atoms with Gasteiger partial charge in [0.25, 0.3) is 5.91 Å². The second-order valence-corrected chi connectivity index (χ2v) is 7.24. The van der Waals surface area contributed by atoms with Crippen LogP contribution >= 0.6 is 0 Å². The van der Waals surface area contributed by atoms with E-state index in [1.165, 1.54) is 5.56 Å². The van der Waals surface area contributed by atoms with Crippen LogP contribution in [0.3, 0.4) is 0 Å². The molecule has 1 N–H and O–H groups in total. The van der Waals surface area contributed by atoms with E-state index in [9.17, 15) is 4.79 Å². The fourth-order valence-corrected chi connectivity index (χ4v) is 3.42. The van der Waals surface area contributed by atoms with Crippen LogP contribution in [0.15, 0.2) is 30.3 Å². The molecule has 1 aromatic carbocycles. The van der Waals surface area contributed by atoms with Crippen LogP contribution in [0.25, 0.3) is 5.69 Å². The van der Waals surface area contributed by atoms with Crippen molar-refractivity contribution in [2.75, 3.05) is 0 Å². The Kier molecular flexibility index (Phi) is 5.17. The number of rotatable bonds is 5. The maximum atomic E-state index is 12.6. The molecule has 0 radical (unpaired) electrons. The molecule has 0 unspecified atom stereocenters. The highest BCUT2D eigenvalue weighted by Crippen LogP contribution is 2.15. The number of nitrogens with one attached hydrogen (secondary N) is 1. The van der Waals surface area contributed by atoms with Crippen molar-refractivity contribution in [1.82, 2.24) is 24.9 Å². The summed E-state index contributed by atoms with van der Waals surface area (Å²) < 4.78 is 3.77. The molecule has 27 heavy (non-hydrogen) atoms. The van der Waals surface area contributed by atoms with Crippen molar-refractivity contribution in [2.24, 2.45) is 7.05 Å². The number of hydrogen-bond acceptors (Lipinski definition) is 3. The van der Waals surface area contributed by atoms with Gasteiger partial charge in [-0.05, 0) is 76.9 Å². The summed E-state index contributed by atoms with van der Waals surface area (Å²) in [6, 6.07) is 9.59. The largest absolute Gasteiger partial charge is 0.349 e. The molecule has 3 rings (SSSR count). The highest BCUT2D eigenvalue weighted by molar-refractivity contribution is 5.94. The molecule has 0 spiro atoms. The number of aryl methyl sites for hydroxylation is 4. The van der Waals surface area contributed by atoms with Crippen LogP contribution in [0, 0.1) is 27.7 Å². The first-order chi connectivity index (χ1) is 12.8. The van der Waals surface area contributed by atoms with E-state index in [1.54, 1.807) is 0 Å². The van der Waals surface area contributed by atoms with Gasteiger partial charge in [-0.1, -0.05) is 0 Å². The molecule has 1 amide bonds. The van der Waals surface area contributed by atoms with Crippen molar-refractivity contribution in [1.29, 1.82) is 0 Å². The molecule has 6 heteroatoms. The lowest BCUT2D eigenvalue weighted by Gasteiger charge is -2.15. The topological polar surface area (TPSA) is 64.7 Å². The van der Waals surface area contributed by atoms with Crippen molar-refractivity contribution in [3.05, 3.63) is 64.2 Å². The minimum Gasteiger partial charge on any atom is -0.349 e. The number of amides is 1. The van der Waals surface area contributed by atoms with Crippen LogP contribution in [-0.2, 0) is 13.5 Å². The van der Waals surface area contributed by atoms with Gasteiger partial charge in [0.05, 0.1) is 17.1 Å². The molecule has 1 atom stereocenters. The molecule has 0 bridgehead atoms. The summed E-state index contributed by atoms with van der Waals surface area (Å²) in [6.07, 6.45) is 0.765. The average Bonchev–Trinajstić information content (AvgIpc) is 3.07. The minimum absolute atomic E-state index is 0.0229. The Hall–Kier alpha value is -2.89. The second kappa shape index (κ2) is 7.39. The van der Waals surface area contributed by atoms with E-state index in [-0.39, 0.29) is 11.9 Å². The average molecular weight is 365 g/mol. The smallest absolute Gasteiger partial charge is 0.251 e. The molecule has 3 aromatic rings. The minimum atomic E-state index is -0.0679. The predicted octanol–water partition coefficient (Wildman–Crippen LogP) is 3.20. The Labute approximate surface area is 160 Å². The molecule has 0 saturated carbocycles. The maximum Gasteiger partial charge on any atom is 0.251 e. The third kappa shape index (κ3) is 3.94. The quantitative estimate of drug-likeness (QED) is 0.755. The van der Waals surface area contributed by atoms with Crippen molar-refractivity contribution in [3.8, 4) is 5.69 Å². The van der Waals surface area contributed by atoms with Crippen LogP contribution in [-0.4, -0.2) is 31.5 Å². The lowest BCUT2D eigenvalue weighted by Crippen LogP contribution is -2.34. The molecule has 6 nitrogen and oxygen atoms in total. The summed E-state index contributed by atoms with van der Waals surface area (Å²) in [5, 5.41) is 12.0. The molecule has 0 saturated heterocycles. The van der Waals surface area contributed by atoms with E-state index >= 15 is 0 Å². The van der Waals surface area contributed by atoms with Crippen LogP contribution in [0.4, 0.5) is 0 Å². The third-order valence-electron chi connectivity index (χ3n) is 4.93. The molecule has 0 aliphatic carbocycles. The summed E-state index contributed by atoms with van der Waals surface area (Å²) in [6.45, 7) is 10.1. The Morgan fingerprint density at radius 1 is 1.11 bits per heavy atom. The third-order valence-corrected chi connectivity index (χ3v) is 4.93. The molecule has 2 aromatic heterocycles. The Balaban J connectivity index is 1.68. The van der Waals surface area contributed by atoms with Gasteiger partial charge in [0.1, 0.15) is 0 Å². The van der Waals surface area contributed by atoms with Gasteiger partial charge in [0.2, 0.25) is 0 Å². The van der Waals surface area contributed by atoms with Gasteiger partial charge in [0, 0.05) is 30.0 Å². The van der Waals surface area contributed by atoms with Gasteiger partial charge in [-0.25, -0.2) is 4.68 Å². The zero-order valence-electron chi connectivity index (χ0n) is 16.9. The highest BCUT2D eigenvalue weighted by Gasteiger charge is 2.15. The first kappa shape index (κ1) is 18.9. The molecule has 0 fully saturated rings. The van der Waals surface area contributed by atoms with E-state index in [0.29, 0.717) is 5.56 Å². The molecule has 142 valence electrons. The lowest BCUT2D eigenvalue weighted by molar-refractivity contribution is 0.0940. The zero-order valence-corrected chi connectivity index (χ0v) is 16.9. The summed E-state index contributed by atoms with van der Waals surface area (Å²) in [7, 11) is 1.94. The highest BCUT2D eigenvalue weighted by atomic mass is 16.1. The van der Waals surface area contributed by atoms with E-state index < -0.39 is 0 Å². The normalized spacial score (nSPS) is 12.2. The molecule has 0 aliphatic heterocycles. The van der Waals surface area contributed by atoms with Crippen LogP contribution in [0.5, 0.6) is 0 Å². The standard InChI is InChI=1S/C21H27N5O/c1-13(12-20-16(4)24-25(6)17(20)5)22-21(27)18-7-9-19(10-8-18)26-15(3)11-14(2)23-26/h7-11,13H,12H2,1-6H3,(H,22,27)/t13-/m1/s1. The van der Waals surface area contributed by atoms with Gasteiger partial charge in [0.15, 0.2) is 0 Å². The Morgan fingerprint density at radius 2 is 1.78 bits per heavy atom. The van der Waals surface area contributed by atoms with Crippen molar-refractivity contribution < 1.29 is 4.79 Å². The fourth-order valence-electron chi connectivity index (χ4n) is 3.42. The molecule has 0 aliphatic rings. The van der Waals surface area contributed by atoms with Crippen LogP contribution < -0.4 is 5.32 Å². The summed E-state index contributed by atoms with van der Waals surface area (Å²) >= 11 is 0. The zero-order chi connectivity index (χ0) is 19.7. The van der Waals surface area contributed by atoms with Crippen LogP contribution in [0.1, 0.15) is 45.6 Å². The maximum absolute atomic E-state index is 12.6. The van der Waals surface area contributed by atoms with Crippen LogP contribution in [0.2, 0.25) is 0 Å². The van der Waals surface area contributed by atoms with Gasteiger partial charge in [-0.3, -0.25) is 9.48 Å². The van der Waals surface area contributed by atoms with E-state index in [0.717, 1.165) is 34.9 Å². The van der Waals surface area contributed by atoms with Crippen molar-refractivity contribution >= 4 is 5.91 Å². The number of benzene rings is 1. The Bertz CT molecular complexity index is 965. The lowest BCUT2D eigenvalue weighted by atomic mass is 10.0. The van der Waals surface area contributed by atoms with E-state index in [2.05, 4.69) is 22.4 Å². The number of carbonyl (C=O) groups excluding carboxylic acids is 1. The summed E-state index contributed by atoms with van der Waals surface area (Å²) in [4.78, 5) is 12.6. The van der Waals surface area contributed by atoms with E-state index in [1.807, 2.05) is 74.4 Å². The monoisotopic (exact) mass is 365 g/mol. The first-order valence-corrected chi connectivity index (χ1v) is 9.20. The number of carbonyl (C=O) groups is 1. The van der Waals surface area contributed by atoms with Crippen molar-refractivity contribution in [2.45, 2.75) is 47.1 Å². The number of hydrogen-bond donors (Lipinski definition) is 1.